The van der Waals surface area contributed by atoms with Crippen molar-refractivity contribution >= 4 is 31.9 Å². The first-order valence-corrected chi connectivity index (χ1v) is 12.8. The lowest BCUT2D eigenvalue weighted by Crippen LogP contribution is -2.43. The zero-order valence-corrected chi connectivity index (χ0v) is 19.9. The van der Waals surface area contributed by atoms with Gasteiger partial charge in [0.25, 0.3) is 0 Å². The van der Waals surface area contributed by atoms with E-state index in [0.717, 1.165) is 22.0 Å². The maximum atomic E-state index is 12.7. The third-order valence-corrected chi connectivity index (χ3v) is 8.11. The maximum absolute atomic E-state index is 12.7. The number of nitrogens with zero attached hydrogens (tertiary/aromatic N) is 1. The van der Waals surface area contributed by atoms with Gasteiger partial charge in [0, 0.05) is 23.5 Å². The predicted octanol–water partition coefficient (Wildman–Crippen LogP) is 4.43. The molecule has 3 rings (SSSR count). The highest BCUT2D eigenvalue weighted by molar-refractivity contribution is 9.10. The van der Waals surface area contributed by atoms with Gasteiger partial charge in [-0.15, -0.1) is 0 Å². The van der Waals surface area contributed by atoms with E-state index in [0.29, 0.717) is 25.9 Å². The average molecular weight is 493 g/mol. The highest BCUT2D eigenvalue weighted by atomic mass is 79.9. The van der Waals surface area contributed by atoms with Crippen LogP contribution in [-0.2, 0) is 27.0 Å². The number of amides is 1. The number of nitrogens with one attached hydrogen (secondary N) is 1. The first kappa shape index (κ1) is 23.0. The number of hydrogen-bond donors (Lipinski definition) is 1. The molecule has 1 fully saturated rings. The van der Waals surface area contributed by atoms with Gasteiger partial charge in [-0.25, -0.2) is 12.7 Å². The van der Waals surface area contributed by atoms with Crippen molar-refractivity contribution in [2.24, 2.45) is 5.92 Å². The van der Waals surface area contributed by atoms with E-state index in [-0.39, 0.29) is 23.6 Å². The summed E-state index contributed by atoms with van der Waals surface area (Å²) in [5.74, 6) is -0.157. The van der Waals surface area contributed by atoms with Crippen molar-refractivity contribution in [2.75, 3.05) is 13.1 Å². The summed E-state index contributed by atoms with van der Waals surface area (Å²) in [5, 5.41) is 3.09. The average Bonchev–Trinajstić information content (AvgIpc) is 2.75. The fourth-order valence-electron chi connectivity index (χ4n) is 3.74. The van der Waals surface area contributed by atoms with Crippen molar-refractivity contribution in [3.05, 3.63) is 69.7 Å². The summed E-state index contributed by atoms with van der Waals surface area (Å²) in [6.45, 7) is 4.87. The highest BCUT2D eigenvalue weighted by Crippen LogP contribution is 2.24. The number of piperidine rings is 1. The van der Waals surface area contributed by atoms with Crippen LogP contribution < -0.4 is 5.32 Å². The van der Waals surface area contributed by atoms with Crippen molar-refractivity contribution in [1.29, 1.82) is 0 Å². The molecular formula is C23H29BrN2O3S. The topological polar surface area (TPSA) is 66.5 Å². The molecule has 0 saturated carbocycles. The van der Waals surface area contributed by atoms with E-state index >= 15 is 0 Å². The highest BCUT2D eigenvalue weighted by Gasteiger charge is 2.31. The van der Waals surface area contributed by atoms with Crippen LogP contribution in [0.25, 0.3) is 0 Å². The van der Waals surface area contributed by atoms with E-state index in [1.165, 1.54) is 9.87 Å². The summed E-state index contributed by atoms with van der Waals surface area (Å²) in [5.41, 5.74) is 3.12. The SMILES string of the molecule is CCc1ccc(C(C)NC(=O)C2CCN(S(=O)(=O)Cc3ccc(Br)cc3)CC2)cc1. The fourth-order valence-corrected chi connectivity index (χ4v) is 5.56. The quantitative estimate of drug-likeness (QED) is 0.621. The molecule has 1 aliphatic rings. The van der Waals surface area contributed by atoms with Crippen molar-refractivity contribution in [1.82, 2.24) is 9.62 Å². The van der Waals surface area contributed by atoms with Crippen LogP contribution in [0.15, 0.2) is 53.0 Å². The van der Waals surface area contributed by atoms with Gasteiger partial charge in [0.15, 0.2) is 0 Å². The Morgan fingerprint density at radius 1 is 1.07 bits per heavy atom. The van der Waals surface area contributed by atoms with E-state index in [1.54, 1.807) is 0 Å². The second-order valence-corrected chi connectivity index (χ2v) is 10.8. The number of aryl methyl sites for hydroxylation is 1. The van der Waals surface area contributed by atoms with Crippen molar-refractivity contribution in [2.45, 2.75) is 44.9 Å². The Balaban J connectivity index is 1.52. The van der Waals surface area contributed by atoms with Crippen LogP contribution in [0.5, 0.6) is 0 Å². The molecular weight excluding hydrogens is 464 g/mol. The lowest BCUT2D eigenvalue weighted by molar-refractivity contribution is -0.126. The molecule has 0 aliphatic carbocycles. The summed E-state index contributed by atoms with van der Waals surface area (Å²) in [4.78, 5) is 12.7. The molecule has 0 spiro atoms. The minimum Gasteiger partial charge on any atom is -0.349 e. The summed E-state index contributed by atoms with van der Waals surface area (Å²) >= 11 is 3.36. The van der Waals surface area contributed by atoms with E-state index in [9.17, 15) is 13.2 Å². The number of rotatable bonds is 7. The minimum absolute atomic E-state index is 0.00651. The minimum atomic E-state index is -3.38. The van der Waals surface area contributed by atoms with Gasteiger partial charge in [-0.3, -0.25) is 4.79 Å². The van der Waals surface area contributed by atoms with Crippen LogP contribution in [0.1, 0.15) is 49.4 Å². The second kappa shape index (κ2) is 10.1. The van der Waals surface area contributed by atoms with Gasteiger partial charge in [-0.05, 0) is 55.0 Å². The van der Waals surface area contributed by atoms with Crippen molar-refractivity contribution in [3.8, 4) is 0 Å². The van der Waals surface area contributed by atoms with E-state index in [1.807, 2.05) is 31.2 Å². The smallest absolute Gasteiger partial charge is 0.223 e. The molecule has 7 heteroatoms. The lowest BCUT2D eigenvalue weighted by atomic mass is 9.96. The molecule has 1 heterocycles. The molecule has 0 aromatic heterocycles. The molecule has 1 atom stereocenters. The summed E-state index contributed by atoms with van der Waals surface area (Å²) < 4.78 is 27.9. The van der Waals surface area contributed by atoms with E-state index < -0.39 is 10.0 Å². The molecule has 30 heavy (non-hydrogen) atoms. The Labute approximate surface area is 188 Å². The van der Waals surface area contributed by atoms with Crippen molar-refractivity contribution in [3.63, 3.8) is 0 Å². The monoisotopic (exact) mass is 492 g/mol. The molecule has 5 nitrogen and oxygen atoms in total. The number of sulfonamides is 1. The molecule has 162 valence electrons. The van der Waals surface area contributed by atoms with Crippen LogP contribution in [0, 0.1) is 5.92 Å². The number of carbonyl (C=O) groups excluding carboxylic acids is 1. The zero-order valence-electron chi connectivity index (χ0n) is 17.5. The zero-order chi connectivity index (χ0) is 21.7. The van der Waals surface area contributed by atoms with Crippen LogP contribution in [-0.4, -0.2) is 31.7 Å². The Morgan fingerprint density at radius 2 is 1.63 bits per heavy atom. The number of hydrogen-bond acceptors (Lipinski definition) is 3. The number of benzene rings is 2. The molecule has 2 aromatic rings. The first-order chi connectivity index (χ1) is 14.3. The predicted molar refractivity (Wildman–Crippen MR) is 123 cm³/mol. The Hall–Kier alpha value is -1.70. The summed E-state index contributed by atoms with van der Waals surface area (Å²) in [7, 11) is -3.38. The van der Waals surface area contributed by atoms with Crippen LogP contribution in [0.2, 0.25) is 0 Å². The largest absolute Gasteiger partial charge is 0.349 e. The normalized spacial score (nSPS) is 16.9. The molecule has 1 aliphatic heterocycles. The molecule has 0 radical (unpaired) electrons. The van der Waals surface area contributed by atoms with Gasteiger partial charge in [0.05, 0.1) is 11.8 Å². The summed E-state index contributed by atoms with van der Waals surface area (Å²) in [6.07, 6.45) is 2.09. The van der Waals surface area contributed by atoms with Gasteiger partial charge >= 0.3 is 0 Å². The molecule has 1 amide bonds. The van der Waals surface area contributed by atoms with Crippen LogP contribution in [0.3, 0.4) is 0 Å². The third-order valence-electron chi connectivity index (χ3n) is 5.73. The number of halogens is 1. The van der Waals surface area contributed by atoms with Crippen LogP contribution >= 0.6 is 15.9 Å². The molecule has 0 bridgehead atoms. The van der Waals surface area contributed by atoms with Crippen LogP contribution in [0.4, 0.5) is 0 Å². The third kappa shape index (κ3) is 5.93. The molecule has 1 saturated heterocycles. The molecule has 1 N–H and O–H groups in total. The van der Waals surface area contributed by atoms with Gasteiger partial charge < -0.3 is 5.32 Å². The van der Waals surface area contributed by atoms with Gasteiger partial charge in [-0.2, -0.15) is 0 Å². The lowest BCUT2D eigenvalue weighted by Gasteiger charge is -2.31. The standard InChI is InChI=1S/C23H29BrN2O3S/c1-3-18-4-8-20(9-5-18)17(2)25-23(27)21-12-14-26(15-13-21)30(28,29)16-19-6-10-22(24)11-7-19/h4-11,17,21H,3,12-16H2,1-2H3,(H,25,27). The number of carbonyl (C=O) groups is 1. The van der Waals surface area contributed by atoms with E-state index in [4.69, 9.17) is 0 Å². The van der Waals surface area contributed by atoms with Gasteiger partial charge in [-0.1, -0.05) is 59.3 Å². The molecule has 2 aromatic carbocycles. The maximum Gasteiger partial charge on any atom is 0.223 e. The van der Waals surface area contributed by atoms with Crippen molar-refractivity contribution < 1.29 is 13.2 Å². The first-order valence-electron chi connectivity index (χ1n) is 10.4. The Bertz CT molecular complexity index is 951. The summed E-state index contributed by atoms with van der Waals surface area (Å²) in [6, 6.07) is 15.5. The van der Waals surface area contributed by atoms with E-state index in [2.05, 4.69) is 52.4 Å². The van der Waals surface area contributed by atoms with Gasteiger partial charge in [0.1, 0.15) is 0 Å². The Kier molecular flexibility index (Phi) is 7.71. The second-order valence-electron chi connectivity index (χ2n) is 7.88. The molecule has 1 unspecified atom stereocenters. The Morgan fingerprint density at radius 3 is 2.20 bits per heavy atom. The fraction of sp³-hybridized carbons (Fsp3) is 0.435. The van der Waals surface area contributed by atoms with Gasteiger partial charge in [0.2, 0.25) is 15.9 Å².